The predicted octanol–water partition coefficient (Wildman–Crippen LogP) is 6.37. The number of methoxy groups -OCH3 is 1. The first-order chi connectivity index (χ1) is 16.7. The minimum absolute atomic E-state index is 0.117. The predicted molar refractivity (Wildman–Crippen MR) is 139 cm³/mol. The molecule has 5 nitrogen and oxygen atoms in total. The number of aliphatic imine (C=N–C) groups is 1. The Bertz CT molecular complexity index is 1140. The number of thioether (sulfide) groups is 1. The van der Waals surface area contributed by atoms with Crippen LogP contribution in [0.3, 0.4) is 0 Å². The number of carbonyl (C=O) groups excluding carboxylic acids is 1. The van der Waals surface area contributed by atoms with Crippen molar-refractivity contribution in [1.29, 1.82) is 0 Å². The summed E-state index contributed by atoms with van der Waals surface area (Å²) in [5.74, 6) is 1.43. The van der Waals surface area contributed by atoms with Gasteiger partial charge in [-0.2, -0.15) is 0 Å². The molecule has 1 heterocycles. The van der Waals surface area contributed by atoms with E-state index >= 15 is 0 Å². The van der Waals surface area contributed by atoms with Crippen LogP contribution in [0.5, 0.6) is 11.5 Å². The molecule has 1 fully saturated rings. The highest BCUT2D eigenvalue weighted by atomic mass is 32.2. The van der Waals surface area contributed by atoms with Crippen molar-refractivity contribution in [3.8, 4) is 11.5 Å². The molecule has 0 spiro atoms. The molecule has 0 aromatic heterocycles. The van der Waals surface area contributed by atoms with E-state index in [1.54, 1.807) is 18.9 Å². The van der Waals surface area contributed by atoms with E-state index in [0.717, 1.165) is 53.2 Å². The number of hydrogen-bond donors (Lipinski definition) is 0. The number of nitrogens with zero attached hydrogens (tertiary/aromatic N) is 2. The van der Waals surface area contributed by atoms with E-state index in [1.807, 2.05) is 78.0 Å². The number of benzene rings is 3. The van der Waals surface area contributed by atoms with Gasteiger partial charge in [0.15, 0.2) is 11.5 Å². The fourth-order valence-electron chi connectivity index (χ4n) is 3.95. The lowest BCUT2D eigenvalue weighted by Gasteiger charge is -2.26. The van der Waals surface area contributed by atoms with E-state index < -0.39 is 0 Å². The van der Waals surface area contributed by atoms with Gasteiger partial charge in [0, 0.05) is 29.8 Å². The molecule has 1 amide bonds. The van der Waals surface area contributed by atoms with Crippen molar-refractivity contribution < 1.29 is 14.3 Å². The summed E-state index contributed by atoms with van der Waals surface area (Å²) in [6.45, 7) is 2.10. The Morgan fingerprint density at radius 3 is 2.50 bits per heavy atom. The minimum Gasteiger partial charge on any atom is -0.493 e. The Balaban J connectivity index is 1.39. The Morgan fingerprint density at radius 2 is 1.76 bits per heavy atom. The van der Waals surface area contributed by atoms with E-state index in [1.165, 1.54) is 6.42 Å². The monoisotopic (exact) mass is 474 g/mol. The van der Waals surface area contributed by atoms with Crippen LogP contribution >= 0.6 is 11.8 Å². The van der Waals surface area contributed by atoms with Gasteiger partial charge in [0.1, 0.15) is 6.61 Å². The molecule has 6 heteroatoms. The highest BCUT2D eigenvalue weighted by molar-refractivity contribution is 7.98. The number of likely N-dealkylation sites (tertiary alicyclic amines) is 1. The Labute approximate surface area is 205 Å². The summed E-state index contributed by atoms with van der Waals surface area (Å²) >= 11 is 1.68. The van der Waals surface area contributed by atoms with Gasteiger partial charge in [0.05, 0.1) is 12.8 Å². The first-order valence-electron chi connectivity index (χ1n) is 11.5. The maximum Gasteiger partial charge on any atom is 0.253 e. The van der Waals surface area contributed by atoms with Crippen LogP contribution in [0, 0.1) is 0 Å². The van der Waals surface area contributed by atoms with Gasteiger partial charge in [-0.25, -0.2) is 0 Å². The summed E-state index contributed by atoms with van der Waals surface area (Å²) in [5.41, 5.74) is 3.60. The maximum absolute atomic E-state index is 12.7. The van der Waals surface area contributed by atoms with Gasteiger partial charge in [0.2, 0.25) is 0 Å². The lowest BCUT2D eigenvalue weighted by Crippen LogP contribution is -2.35. The molecule has 34 heavy (non-hydrogen) atoms. The highest BCUT2D eigenvalue weighted by Crippen LogP contribution is 2.30. The number of ether oxygens (including phenoxy) is 2. The van der Waals surface area contributed by atoms with Gasteiger partial charge in [-0.1, -0.05) is 24.3 Å². The molecule has 0 N–H and O–H groups in total. The molecule has 0 unspecified atom stereocenters. The SMILES string of the molecule is COc1cc(C=Nc2ccccc2SC)ccc1OCc1ccc(C(=O)N2CCCCC2)cc1. The smallest absolute Gasteiger partial charge is 0.253 e. The molecule has 0 radical (unpaired) electrons. The van der Waals surface area contributed by atoms with Crippen molar-refractivity contribution in [2.45, 2.75) is 30.8 Å². The van der Waals surface area contributed by atoms with Crippen molar-refractivity contribution in [2.24, 2.45) is 4.99 Å². The van der Waals surface area contributed by atoms with E-state index in [0.29, 0.717) is 18.1 Å². The van der Waals surface area contributed by atoms with Crippen molar-refractivity contribution in [1.82, 2.24) is 4.90 Å². The lowest BCUT2D eigenvalue weighted by atomic mass is 10.1. The Kier molecular flexibility index (Phi) is 8.26. The standard InChI is InChI=1S/C28H30N2O3S/c1-32-26-18-22(19-29-24-8-4-5-9-27(24)34-2)12-15-25(26)33-20-21-10-13-23(14-11-21)28(31)30-16-6-3-7-17-30/h4-5,8-15,18-19H,3,6-7,16-17,20H2,1-2H3. The quantitative estimate of drug-likeness (QED) is 0.281. The van der Waals surface area contributed by atoms with Crippen LogP contribution < -0.4 is 9.47 Å². The van der Waals surface area contributed by atoms with Crippen LogP contribution in [0.25, 0.3) is 0 Å². The van der Waals surface area contributed by atoms with Crippen LogP contribution in [0.2, 0.25) is 0 Å². The second kappa shape index (κ2) is 11.7. The third-order valence-corrected chi connectivity index (χ3v) is 6.65. The summed E-state index contributed by atoms with van der Waals surface area (Å²) in [6, 6.07) is 21.5. The van der Waals surface area contributed by atoms with Gasteiger partial charge in [-0.05, 0) is 79.1 Å². The fraction of sp³-hybridized carbons (Fsp3) is 0.286. The van der Waals surface area contributed by atoms with Crippen molar-refractivity contribution >= 4 is 29.6 Å². The number of piperidine rings is 1. The number of rotatable bonds is 8. The van der Waals surface area contributed by atoms with Crippen LogP contribution in [-0.2, 0) is 6.61 Å². The minimum atomic E-state index is 0.117. The molecule has 3 aromatic carbocycles. The van der Waals surface area contributed by atoms with Gasteiger partial charge in [-0.15, -0.1) is 11.8 Å². The Hall–Kier alpha value is -3.25. The molecule has 1 saturated heterocycles. The summed E-state index contributed by atoms with van der Waals surface area (Å²) in [6.07, 6.45) is 7.27. The highest BCUT2D eigenvalue weighted by Gasteiger charge is 2.18. The average Bonchev–Trinajstić information content (AvgIpc) is 2.91. The summed E-state index contributed by atoms with van der Waals surface area (Å²) < 4.78 is 11.6. The van der Waals surface area contributed by atoms with Gasteiger partial charge in [0.25, 0.3) is 5.91 Å². The summed E-state index contributed by atoms with van der Waals surface area (Å²) in [7, 11) is 1.63. The molecule has 0 bridgehead atoms. The third-order valence-electron chi connectivity index (χ3n) is 5.86. The largest absolute Gasteiger partial charge is 0.493 e. The van der Waals surface area contributed by atoms with Gasteiger partial charge in [-0.3, -0.25) is 9.79 Å². The summed E-state index contributed by atoms with van der Waals surface area (Å²) in [4.78, 5) is 20.4. The zero-order valence-corrected chi connectivity index (χ0v) is 20.5. The van der Waals surface area contributed by atoms with Crippen LogP contribution in [0.1, 0.15) is 40.7 Å². The zero-order valence-electron chi connectivity index (χ0n) is 19.7. The first kappa shape index (κ1) is 23.9. The van der Waals surface area contributed by atoms with E-state index in [2.05, 4.69) is 11.1 Å². The van der Waals surface area contributed by atoms with Gasteiger partial charge < -0.3 is 14.4 Å². The number of carbonyl (C=O) groups is 1. The molecule has 1 aliphatic rings. The van der Waals surface area contributed by atoms with Crippen LogP contribution in [0.15, 0.2) is 76.6 Å². The molecule has 0 atom stereocenters. The van der Waals surface area contributed by atoms with Crippen molar-refractivity contribution in [2.75, 3.05) is 26.5 Å². The van der Waals surface area contributed by atoms with E-state index in [-0.39, 0.29) is 5.91 Å². The number of para-hydroxylation sites is 1. The lowest BCUT2D eigenvalue weighted by molar-refractivity contribution is 0.0724. The van der Waals surface area contributed by atoms with Crippen molar-refractivity contribution in [3.63, 3.8) is 0 Å². The van der Waals surface area contributed by atoms with E-state index in [9.17, 15) is 4.79 Å². The number of hydrogen-bond acceptors (Lipinski definition) is 5. The van der Waals surface area contributed by atoms with Crippen LogP contribution in [-0.4, -0.2) is 43.5 Å². The molecule has 176 valence electrons. The molecular weight excluding hydrogens is 444 g/mol. The fourth-order valence-corrected chi connectivity index (χ4v) is 4.49. The molecule has 0 saturated carbocycles. The van der Waals surface area contributed by atoms with Gasteiger partial charge >= 0.3 is 0 Å². The van der Waals surface area contributed by atoms with E-state index in [4.69, 9.17) is 9.47 Å². The molecular formula is C28H30N2O3S. The number of amides is 1. The molecule has 4 rings (SSSR count). The molecule has 0 aliphatic carbocycles. The summed E-state index contributed by atoms with van der Waals surface area (Å²) in [5, 5.41) is 0. The zero-order chi connectivity index (χ0) is 23.8. The van der Waals surface area contributed by atoms with Crippen LogP contribution in [0.4, 0.5) is 5.69 Å². The van der Waals surface area contributed by atoms with Crippen molar-refractivity contribution in [3.05, 3.63) is 83.4 Å². The topological polar surface area (TPSA) is 51.1 Å². The molecule has 3 aromatic rings. The Morgan fingerprint density at radius 1 is 1.00 bits per heavy atom. The average molecular weight is 475 g/mol. The first-order valence-corrected chi connectivity index (χ1v) is 12.8. The third kappa shape index (κ3) is 6.00. The maximum atomic E-state index is 12.7. The second-order valence-corrected chi connectivity index (χ2v) is 9.03. The normalized spacial score (nSPS) is 13.8. The second-order valence-electron chi connectivity index (χ2n) is 8.18. The molecule has 1 aliphatic heterocycles.